The van der Waals surface area contributed by atoms with E-state index in [9.17, 15) is 31.1 Å². The number of hydrogen-bond donors (Lipinski definition) is 1. The van der Waals surface area contributed by atoms with Gasteiger partial charge in [-0.3, -0.25) is 9.78 Å². The maximum atomic E-state index is 13.4. The standard InChI is InChI=1S/C18H17F6N5O/c19-17(20,21)10-26-16(30)12-4-2-6-29(9-12)14-7-13(18(22,23)24)27-15(28-14)11-3-1-5-25-8-11/h1,3,5,7-8,12H,2,4,6,9-10H2,(H,26,30). The predicted molar refractivity (Wildman–Crippen MR) is 94.3 cm³/mol. The molecule has 2 aromatic rings. The first-order valence-corrected chi connectivity index (χ1v) is 8.99. The molecule has 3 rings (SSSR count). The Kier molecular flexibility index (Phi) is 6.13. The molecule has 0 bridgehead atoms. The predicted octanol–water partition coefficient (Wildman–Crippen LogP) is 3.45. The van der Waals surface area contributed by atoms with Gasteiger partial charge < -0.3 is 10.2 Å². The van der Waals surface area contributed by atoms with E-state index >= 15 is 0 Å². The number of pyridine rings is 1. The lowest BCUT2D eigenvalue weighted by atomic mass is 9.97. The first-order chi connectivity index (χ1) is 14.0. The Morgan fingerprint density at radius 1 is 1.20 bits per heavy atom. The van der Waals surface area contributed by atoms with Crippen LogP contribution in [0.2, 0.25) is 0 Å². The average molecular weight is 433 g/mol. The van der Waals surface area contributed by atoms with Crippen LogP contribution in [-0.4, -0.2) is 46.7 Å². The minimum atomic E-state index is -4.73. The van der Waals surface area contributed by atoms with Crippen molar-refractivity contribution in [2.75, 3.05) is 24.5 Å². The number of anilines is 1. The molecule has 12 heteroatoms. The molecule has 1 aliphatic rings. The lowest BCUT2D eigenvalue weighted by Gasteiger charge is -2.33. The van der Waals surface area contributed by atoms with Gasteiger partial charge in [0.25, 0.3) is 0 Å². The van der Waals surface area contributed by atoms with Gasteiger partial charge in [-0.05, 0) is 25.0 Å². The van der Waals surface area contributed by atoms with E-state index in [0.717, 1.165) is 6.07 Å². The zero-order valence-corrected chi connectivity index (χ0v) is 15.5. The minimum absolute atomic E-state index is 0.0511. The number of carbonyl (C=O) groups is 1. The van der Waals surface area contributed by atoms with Crippen LogP contribution in [0.15, 0.2) is 30.6 Å². The van der Waals surface area contributed by atoms with Crippen molar-refractivity contribution in [3.05, 3.63) is 36.3 Å². The van der Waals surface area contributed by atoms with Crippen LogP contribution >= 0.6 is 0 Å². The molecule has 1 saturated heterocycles. The molecule has 1 N–H and O–H groups in total. The third-order valence-corrected chi connectivity index (χ3v) is 4.50. The van der Waals surface area contributed by atoms with Crippen LogP contribution in [0.4, 0.5) is 32.2 Å². The van der Waals surface area contributed by atoms with Crippen molar-refractivity contribution in [2.24, 2.45) is 5.92 Å². The molecule has 2 aromatic heterocycles. The maximum Gasteiger partial charge on any atom is 0.433 e. The Balaban J connectivity index is 1.86. The van der Waals surface area contributed by atoms with E-state index in [2.05, 4.69) is 15.0 Å². The molecule has 162 valence electrons. The molecule has 6 nitrogen and oxygen atoms in total. The number of nitrogens with zero attached hydrogens (tertiary/aromatic N) is 4. The number of alkyl halides is 6. The molecule has 30 heavy (non-hydrogen) atoms. The summed E-state index contributed by atoms with van der Waals surface area (Å²) in [4.78, 5) is 25.1. The summed E-state index contributed by atoms with van der Waals surface area (Å²) < 4.78 is 77.1. The number of carbonyl (C=O) groups excluding carboxylic acids is 1. The fraction of sp³-hybridized carbons (Fsp3) is 0.444. The molecule has 1 amide bonds. The summed E-state index contributed by atoms with van der Waals surface area (Å²) >= 11 is 0. The molecule has 0 saturated carbocycles. The van der Waals surface area contributed by atoms with E-state index in [0.29, 0.717) is 19.4 Å². The number of aromatic nitrogens is 3. The second-order valence-electron chi connectivity index (χ2n) is 6.79. The Bertz CT molecular complexity index is 887. The SMILES string of the molecule is O=C(NCC(F)(F)F)C1CCCN(c2cc(C(F)(F)F)nc(-c3cccnc3)n2)C1. The number of rotatable bonds is 4. The summed E-state index contributed by atoms with van der Waals surface area (Å²) in [6, 6.07) is 3.81. The van der Waals surface area contributed by atoms with Gasteiger partial charge >= 0.3 is 12.4 Å². The molecule has 1 fully saturated rings. The quantitative estimate of drug-likeness (QED) is 0.748. The molecule has 0 spiro atoms. The van der Waals surface area contributed by atoms with Crippen LogP contribution in [0.1, 0.15) is 18.5 Å². The zero-order valence-electron chi connectivity index (χ0n) is 15.5. The van der Waals surface area contributed by atoms with E-state index in [1.165, 1.54) is 29.4 Å². The summed E-state index contributed by atoms with van der Waals surface area (Å²) in [5.41, 5.74) is -0.878. The fourth-order valence-electron chi connectivity index (χ4n) is 3.10. The number of piperidine rings is 1. The average Bonchev–Trinajstić information content (AvgIpc) is 2.71. The van der Waals surface area contributed by atoms with Crippen LogP contribution < -0.4 is 10.2 Å². The van der Waals surface area contributed by atoms with Crippen molar-refractivity contribution < 1.29 is 31.1 Å². The highest BCUT2D eigenvalue weighted by Gasteiger charge is 2.36. The van der Waals surface area contributed by atoms with Gasteiger partial charge in [-0.15, -0.1) is 0 Å². The Hall–Kier alpha value is -2.92. The molecule has 1 atom stereocenters. The highest BCUT2D eigenvalue weighted by molar-refractivity contribution is 5.79. The first kappa shape index (κ1) is 21.8. The third kappa shape index (κ3) is 5.57. The topological polar surface area (TPSA) is 71.0 Å². The monoisotopic (exact) mass is 433 g/mol. The summed E-state index contributed by atoms with van der Waals surface area (Å²) in [6.45, 7) is -1.20. The zero-order chi connectivity index (χ0) is 21.9. The summed E-state index contributed by atoms with van der Waals surface area (Å²) in [7, 11) is 0. The van der Waals surface area contributed by atoms with Crippen molar-refractivity contribution in [1.29, 1.82) is 0 Å². The Labute approximate surface area is 167 Å². The highest BCUT2D eigenvalue weighted by atomic mass is 19.4. The van der Waals surface area contributed by atoms with Gasteiger partial charge in [-0.2, -0.15) is 26.3 Å². The van der Waals surface area contributed by atoms with E-state index < -0.39 is 36.4 Å². The first-order valence-electron chi connectivity index (χ1n) is 8.99. The van der Waals surface area contributed by atoms with E-state index in [-0.39, 0.29) is 23.8 Å². The maximum absolute atomic E-state index is 13.4. The fourth-order valence-corrected chi connectivity index (χ4v) is 3.10. The number of amides is 1. The lowest BCUT2D eigenvalue weighted by Crippen LogP contribution is -2.45. The van der Waals surface area contributed by atoms with Gasteiger partial charge in [0.1, 0.15) is 12.4 Å². The van der Waals surface area contributed by atoms with Gasteiger partial charge in [0.2, 0.25) is 5.91 Å². The number of nitrogens with one attached hydrogen (secondary N) is 1. The normalized spacial score (nSPS) is 17.7. The molecular weight excluding hydrogens is 416 g/mol. The largest absolute Gasteiger partial charge is 0.433 e. The molecule has 0 aliphatic carbocycles. The molecular formula is C18H17F6N5O. The van der Waals surface area contributed by atoms with E-state index in [1.807, 2.05) is 5.32 Å². The Morgan fingerprint density at radius 2 is 1.97 bits per heavy atom. The van der Waals surface area contributed by atoms with Crippen molar-refractivity contribution in [3.63, 3.8) is 0 Å². The number of halogens is 6. The van der Waals surface area contributed by atoms with E-state index in [1.54, 1.807) is 0 Å². The summed E-state index contributed by atoms with van der Waals surface area (Å²) in [6.07, 6.45) is -5.76. The van der Waals surface area contributed by atoms with Crippen LogP contribution in [0.25, 0.3) is 11.4 Å². The van der Waals surface area contributed by atoms with Crippen LogP contribution in [0, 0.1) is 5.92 Å². The van der Waals surface area contributed by atoms with Crippen molar-refractivity contribution in [1.82, 2.24) is 20.3 Å². The third-order valence-electron chi connectivity index (χ3n) is 4.50. The van der Waals surface area contributed by atoms with Crippen LogP contribution in [0.5, 0.6) is 0 Å². The Morgan fingerprint density at radius 3 is 2.60 bits per heavy atom. The van der Waals surface area contributed by atoms with Crippen LogP contribution in [0.3, 0.4) is 0 Å². The summed E-state index contributed by atoms with van der Waals surface area (Å²) in [5, 5.41) is 1.83. The van der Waals surface area contributed by atoms with Gasteiger partial charge in [-0.25, -0.2) is 9.97 Å². The second-order valence-corrected chi connectivity index (χ2v) is 6.79. The second kappa shape index (κ2) is 8.44. The van der Waals surface area contributed by atoms with Gasteiger partial charge in [0, 0.05) is 37.1 Å². The van der Waals surface area contributed by atoms with E-state index in [4.69, 9.17) is 0 Å². The molecule has 1 unspecified atom stereocenters. The lowest BCUT2D eigenvalue weighted by molar-refractivity contribution is -0.141. The van der Waals surface area contributed by atoms with Crippen molar-refractivity contribution in [2.45, 2.75) is 25.2 Å². The molecule has 3 heterocycles. The molecule has 1 aliphatic heterocycles. The number of hydrogen-bond acceptors (Lipinski definition) is 5. The van der Waals surface area contributed by atoms with Gasteiger partial charge in [0.15, 0.2) is 11.5 Å². The van der Waals surface area contributed by atoms with Crippen molar-refractivity contribution >= 4 is 11.7 Å². The van der Waals surface area contributed by atoms with Crippen molar-refractivity contribution in [3.8, 4) is 11.4 Å². The van der Waals surface area contributed by atoms with Crippen LogP contribution in [-0.2, 0) is 11.0 Å². The smallest absolute Gasteiger partial charge is 0.356 e. The van der Waals surface area contributed by atoms with Gasteiger partial charge in [-0.1, -0.05) is 0 Å². The van der Waals surface area contributed by atoms with Gasteiger partial charge in [0.05, 0.1) is 5.92 Å². The minimum Gasteiger partial charge on any atom is -0.356 e. The highest BCUT2D eigenvalue weighted by Crippen LogP contribution is 2.32. The summed E-state index contributed by atoms with van der Waals surface area (Å²) in [5.74, 6) is -1.83. The molecule has 0 radical (unpaired) electrons. The molecule has 0 aromatic carbocycles.